The maximum absolute atomic E-state index is 12.9. The van der Waals surface area contributed by atoms with Crippen molar-refractivity contribution in [3.05, 3.63) is 59.1 Å². The minimum Gasteiger partial charge on any atom is -0.255 e. The predicted octanol–water partition coefficient (Wildman–Crippen LogP) is 3.62. The van der Waals surface area contributed by atoms with E-state index in [9.17, 15) is 4.39 Å². The Labute approximate surface area is 97.4 Å². The van der Waals surface area contributed by atoms with Gasteiger partial charge in [0.05, 0.1) is 22.6 Å². The lowest BCUT2D eigenvalue weighted by Gasteiger charge is -1.96. The fourth-order valence-corrected chi connectivity index (χ4v) is 1.33. The van der Waals surface area contributed by atoms with E-state index in [4.69, 9.17) is 11.6 Å². The summed E-state index contributed by atoms with van der Waals surface area (Å²) in [5.74, 6) is -0.446. The van der Waals surface area contributed by atoms with Crippen LogP contribution in [0.3, 0.4) is 0 Å². The van der Waals surface area contributed by atoms with Crippen LogP contribution in [0.2, 0.25) is 5.02 Å². The third-order valence-corrected chi connectivity index (χ3v) is 2.23. The van der Waals surface area contributed by atoms with E-state index in [1.54, 1.807) is 18.5 Å². The molecule has 0 aliphatic rings. The van der Waals surface area contributed by atoms with Gasteiger partial charge in [0.15, 0.2) is 0 Å². The van der Waals surface area contributed by atoms with Crippen LogP contribution in [0, 0.1) is 5.82 Å². The lowest BCUT2D eigenvalue weighted by molar-refractivity contribution is 0.628. The molecule has 1 heterocycles. The van der Waals surface area contributed by atoms with E-state index in [1.807, 2.05) is 18.2 Å². The van der Waals surface area contributed by atoms with E-state index >= 15 is 0 Å². The molecule has 80 valence electrons. The van der Waals surface area contributed by atoms with Crippen LogP contribution in [0.15, 0.2) is 47.6 Å². The molecular weight excluding hydrogens is 227 g/mol. The average Bonchev–Trinajstić information content (AvgIpc) is 2.32. The maximum atomic E-state index is 12.9. The molecule has 0 bridgehead atoms. The number of benzene rings is 1. The zero-order chi connectivity index (χ0) is 11.4. The summed E-state index contributed by atoms with van der Waals surface area (Å²) in [5, 5.41) is 0.0654. The smallest absolute Gasteiger partial charge is 0.141 e. The van der Waals surface area contributed by atoms with Gasteiger partial charge in [0, 0.05) is 6.20 Å². The molecule has 0 amide bonds. The van der Waals surface area contributed by atoms with E-state index in [1.165, 1.54) is 12.1 Å². The molecule has 2 aromatic rings. The van der Waals surface area contributed by atoms with E-state index in [-0.39, 0.29) is 5.02 Å². The van der Waals surface area contributed by atoms with Crippen molar-refractivity contribution in [2.24, 2.45) is 4.99 Å². The van der Waals surface area contributed by atoms with Gasteiger partial charge >= 0.3 is 0 Å². The molecule has 2 nitrogen and oxygen atoms in total. The lowest BCUT2D eigenvalue weighted by Crippen LogP contribution is -1.84. The SMILES string of the molecule is Fc1ccc(N=Cc2ccccn2)cc1Cl. The lowest BCUT2D eigenvalue weighted by atomic mass is 10.3. The van der Waals surface area contributed by atoms with Crippen molar-refractivity contribution in [2.45, 2.75) is 0 Å². The second-order valence-electron chi connectivity index (χ2n) is 3.11. The maximum Gasteiger partial charge on any atom is 0.141 e. The highest BCUT2D eigenvalue weighted by molar-refractivity contribution is 6.31. The van der Waals surface area contributed by atoms with Crippen LogP contribution >= 0.6 is 11.6 Å². The fourth-order valence-electron chi connectivity index (χ4n) is 1.16. The monoisotopic (exact) mass is 234 g/mol. The summed E-state index contributed by atoms with van der Waals surface area (Å²) in [6.45, 7) is 0. The highest BCUT2D eigenvalue weighted by Crippen LogP contribution is 2.21. The Balaban J connectivity index is 2.21. The zero-order valence-electron chi connectivity index (χ0n) is 8.27. The summed E-state index contributed by atoms with van der Waals surface area (Å²) >= 11 is 5.63. The molecule has 0 aliphatic heterocycles. The van der Waals surface area contributed by atoms with Gasteiger partial charge in [0.25, 0.3) is 0 Å². The fraction of sp³-hybridized carbons (Fsp3) is 0. The second kappa shape index (κ2) is 4.86. The molecule has 2 rings (SSSR count). The Morgan fingerprint density at radius 3 is 2.81 bits per heavy atom. The summed E-state index contributed by atoms with van der Waals surface area (Å²) in [7, 11) is 0. The van der Waals surface area contributed by atoms with E-state index in [0.29, 0.717) is 5.69 Å². The highest BCUT2D eigenvalue weighted by atomic mass is 35.5. The Bertz CT molecular complexity index is 512. The van der Waals surface area contributed by atoms with Crippen LogP contribution in [0.1, 0.15) is 5.69 Å². The molecular formula is C12H8ClFN2. The minimum absolute atomic E-state index is 0.0654. The minimum atomic E-state index is -0.446. The van der Waals surface area contributed by atoms with Gasteiger partial charge in [-0.05, 0) is 30.3 Å². The van der Waals surface area contributed by atoms with E-state index in [2.05, 4.69) is 9.98 Å². The van der Waals surface area contributed by atoms with Crippen LogP contribution < -0.4 is 0 Å². The van der Waals surface area contributed by atoms with E-state index < -0.39 is 5.82 Å². The van der Waals surface area contributed by atoms with Gasteiger partial charge in [0.2, 0.25) is 0 Å². The quantitative estimate of drug-likeness (QED) is 0.729. The molecule has 0 N–H and O–H groups in total. The predicted molar refractivity (Wildman–Crippen MR) is 62.9 cm³/mol. The standard InChI is InChI=1S/C12H8ClFN2/c13-11-7-9(4-5-12(11)14)16-8-10-3-1-2-6-15-10/h1-8H. The molecule has 0 atom stereocenters. The van der Waals surface area contributed by atoms with Gasteiger partial charge in [-0.1, -0.05) is 17.7 Å². The van der Waals surface area contributed by atoms with Gasteiger partial charge in [-0.2, -0.15) is 0 Å². The van der Waals surface area contributed by atoms with Crippen molar-refractivity contribution in [2.75, 3.05) is 0 Å². The topological polar surface area (TPSA) is 25.2 Å². The number of nitrogens with zero attached hydrogens (tertiary/aromatic N) is 2. The molecule has 1 aromatic heterocycles. The van der Waals surface area contributed by atoms with Gasteiger partial charge < -0.3 is 0 Å². The third-order valence-electron chi connectivity index (χ3n) is 1.94. The Morgan fingerprint density at radius 1 is 1.25 bits per heavy atom. The van der Waals surface area contributed by atoms with E-state index in [0.717, 1.165) is 5.69 Å². The van der Waals surface area contributed by atoms with Crippen LogP contribution in [-0.2, 0) is 0 Å². The van der Waals surface area contributed by atoms with Gasteiger partial charge in [0.1, 0.15) is 5.82 Å². The van der Waals surface area contributed by atoms with Crippen molar-refractivity contribution < 1.29 is 4.39 Å². The molecule has 0 unspecified atom stereocenters. The van der Waals surface area contributed by atoms with Crippen LogP contribution in [0.4, 0.5) is 10.1 Å². The second-order valence-corrected chi connectivity index (χ2v) is 3.52. The third kappa shape index (κ3) is 2.64. The molecule has 0 saturated carbocycles. The van der Waals surface area contributed by atoms with Gasteiger partial charge in [-0.25, -0.2) is 4.39 Å². The first-order chi connectivity index (χ1) is 7.75. The number of hydrogen-bond donors (Lipinski definition) is 0. The Morgan fingerprint density at radius 2 is 2.12 bits per heavy atom. The summed E-state index contributed by atoms with van der Waals surface area (Å²) in [6, 6.07) is 9.83. The Kier molecular flexibility index (Phi) is 3.27. The van der Waals surface area contributed by atoms with Gasteiger partial charge in [-0.3, -0.25) is 9.98 Å². The van der Waals surface area contributed by atoms with Crippen molar-refractivity contribution in [3.63, 3.8) is 0 Å². The first kappa shape index (κ1) is 10.8. The number of rotatable bonds is 2. The molecule has 0 aliphatic carbocycles. The number of aliphatic imine (C=N–C) groups is 1. The average molecular weight is 235 g/mol. The van der Waals surface area contributed by atoms with Crippen LogP contribution in [0.5, 0.6) is 0 Å². The number of hydrogen-bond acceptors (Lipinski definition) is 2. The summed E-state index contributed by atoms with van der Waals surface area (Å²) in [5.41, 5.74) is 1.33. The number of aromatic nitrogens is 1. The first-order valence-electron chi connectivity index (χ1n) is 4.66. The van der Waals surface area contributed by atoms with Gasteiger partial charge in [-0.15, -0.1) is 0 Å². The molecule has 0 radical (unpaired) electrons. The number of pyridine rings is 1. The van der Waals surface area contributed by atoms with Crippen molar-refractivity contribution in [1.82, 2.24) is 4.98 Å². The summed E-state index contributed by atoms with van der Waals surface area (Å²) in [4.78, 5) is 8.22. The molecule has 4 heteroatoms. The highest BCUT2D eigenvalue weighted by Gasteiger charge is 1.98. The molecule has 0 saturated heterocycles. The zero-order valence-corrected chi connectivity index (χ0v) is 9.03. The van der Waals surface area contributed by atoms with Crippen LogP contribution in [-0.4, -0.2) is 11.2 Å². The van der Waals surface area contributed by atoms with Crippen LogP contribution in [0.25, 0.3) is 0 Å². The first-order valence-corrected chi connectivity index (χ1v) is 5.03. The van der Waals surface area contributed by atoms with Crippen molar-refractivity contribution in [1.29, 1.82) is 0 Å². The normalized spacial score (nSPS) is 10.9. The molecule has 0 fully saturated rings. The summed E-state index contributed by atoms with van der Waals surface area (Å²) < 4.78 is 12.9. The number of halogens is 2. The molecule has 1 aromatic carbocycles. The van der Waals surface area contributed by atoms with Crippen molar-refractivity contribution >= 4 is 23.5 Å². The molecule has 16 heavy (non-hydrogen) atoms. The molecule has 0 spiro atoms. The summed E-state index contributed by atoms with van der Waals surface area (Å²) in [6.07, 6.45) is 3.28. The Hall–Kier alpha value is -1.74. The largest absolute Gasteiger partial charge is 0.255 e. The van der Waals surface area contributed by atoms with Crippen molar-refractivity contribution in [3.8, 4) is 0 Å².